The topological polar surface area (TPSA) is 74.6 Å². The first-order valence-corrected chi connectivity index (χ1v) is 5.17. The van der Waals surface area contributed by atoms with E-state index in [0.29, 0.717) is 6.42 Å². The van der Waals surface area contributed by atoms with Crippen LogP contribution in [0, 0.1) is 10.8 Å². The van der Waals surface area contributed by atoms with Crippen molar-refractivity contribution in [3.05, 3.63) is 0 Å². The third-order valence-electron chi connectivity index (χ3n) is 2.92. The number of carbonyl (C=O) groups is 2. The van der Waals surface area contributed by atoms with E-state index in [9.17, 15) is 19.8 Å². The zero-order chi connectivity index (χ0) is 12.3. The molecule has 0 fully saturated rings. The molecule has 0 aliphatic heterocycles. The molecule has 0 rings (SSSR count). The SMILES string of the molecule is CCCCC(C(=O)O)(C(=O)O)C(C)(C)C.[H-].[H-].[Mg+2]. The van der Waals surface area contributed by atoms with Crippen molar-refractivity contribution in [2.24, 2.45) is 10.8 Å². The molecule has 4 nitrogen and oxygen atoms in total. The van der Waals surface area contributed by atoms with Gasteiger partial charge in [0.2, 0.25) is 0 Å². The van der Waals surface area contributed by atoms with Gasteiger partial charge in [0.05, 0.1) is 0 Å². The summed E-state index contributed by atoms with van der Waals surface area (Å²) in [6, 6.07) is 0. The number of carboxylic acid groups (broad SMARTS) is 2. The van der Waals surface area contributed by atoms with Gasteiger partial charge in [-0.25, -0.2) is 0 Å². The average molecular weight is 243 g/mol. The number of unbranched alkanes of at least 4 members (excludes halogenated alkanes) is 1. The Kier molecular flexibility index (Phi) is 7.28. The Labute approximate surface area is 116 Å². The van der Waals surface area contributed by atoms with Crippen LogP contribution in [-0.4, -0.2) is 45.2 Å². The van der Waals surface area contributed by atoms with Crippen LogP contribution >= 0.6 is 0 Å². The van der Waals surface area contributed by atoms with Gasteiger partial charge in [0.15, 0.2) is 5.41 Å². The largest absolute Gasteiger partial charge is 2.00 e. The fraction of sp³-hybridized carbons (Fsp3) is 0.818. The van der Waals surface area contributed by atoms with E-state index in [1.165, 1.54) is 0 Å². The number of rotatable bonds is 5. The molecule has 0 saturated carbocycles. The predicted octanol–water partition coefficient (Wildman–Crippen LogP) is 2.22. The second-order valence-electron chi connectivity index (χ2n) is 4.87. The minimum Gasteiger partial charge on any atom is -1.00 e. The van der Waals surface area contributed by atoms with Crippen molar-refractivity contribution in [1.29, 1.82) is 0 Å². The van der Waals surface area contributed by atoms with Crippen LogP contribution in [0.3, 0.4) is 0 Å². The molecule has 5 heteroatoms. The molecular formula is C11H22MgO4. The summed E-state index contributed by atoms with van der Waals surface area (Å²) in [5.74, 6) is -2.48. The van der Waals surface area contributed by atoms with Gasteiger partial charge in [0.1, 0.15) is 0 Å². The molecule has 2 N–H and O–H groups in total. The van der Waals surface area contributed by atoms with Crippen LogP contribution in [0.25, 0.3) is 0 Å². The van der Waals surface area contributed by atoms with Gasteiger partial charge in [-0.2, -0.15) is 0 Å². The van der Waals surface area contributed by atoms with Crippen molar-refractivity contribution in [3.63, 3.8) is 0 Å². The van der Waals surface area contributed by atoms with Crippen molar-refractivity contribution in [2.75, 3.05) is 0 Å². The van der Waals surface area contributed by atoms with E-state index in [2.05, 4.69) is 0 Å². The molecule has 0 radical (unpaired) electrons. The Morgan fingerprint density at radius 3 is 1.69 bits per heavy atom. The maximum absolute atomic E-state index is 11.2. The average Bonchev–Trinajstić information content (AvgIpc) is 2.01. The molecule has 0 spiro atoms. The Bertz CT molecular complexity index is 250. The van der Waals surface area contributed by atoms with Crippen LogP contribution in [0.1, 0.15) is 49.8 Å². The smallest absolute Gasteiger partial charge is 1.00 e. The van der Waals surface area contributed by atoms with Crippen molar-refractivity contribution < 1.29 is 22.7 Å². The van der Waals surface area contributed by atoms with Crippen LogP contribution in [0.2, 0.25) is 0 Å². The zero-order valence-electron chi connectivity index (χ0n) is 12.5. The van der Waals surface area contributed by atoms with Gasteiger partial charge in [-0.05, 0) is 11.8 Å². The molecule has 0 saturated heterocycles. The Morgan fingerprint density at radius 2 is 1.50 bits per heavy atom. The quantitative estimate of drug-likeness (QED) is 0.573. The Balaban J connectivity index is -0.000000327. The first-order chi connectivity index (χ1) is 6.70. The van der Waals surface area contributed by atoms with E-state index in [1.807, 2.05) is 6.92 Å². The number of hydrogen-bond donors (Lipinski definition) is 2. The van der Waals surface area contributed by atoms with E-state index in [0.717, 1.165) is 6.42 Å². The molecule has 16 heavy (non-hydrogen) atoms. The standard InChI is InChI=1S/C11H20O4.Mg.2H/c1-5-6-7-11(8(12)13,9(14)15)10(2,3)4;;;/h5-7H2,1-4H3,(H,12,13)(H,14,15);;;/q;+2;2*-1. The third-order valence-corrected chi connectivity index (χ3v) is 2.92. The first kappa shape index (κ1) is 18.1. The molecule has 0 amide bonds. The summed E-state index contributed by atoms with van der Waals surface area (Å²) < 4.78 is 0. The summed E-state index contributed by atoms with van der Waals surface area (Å²) >= 11 is 0. The molecule has 0 aromatic heterocycles. The van der Waals surface area contributed by atoms with E-state index >= 15 is 0 Å². The molecule has 92 valence electrons. The number of carboxylic acids is 2. The second-order valence-corrected chi connectivity index (χ2v) is 4.87. The first-order valence-electron chi connectivity index (χ1n) is 5.17. The second kappa shape index (κ2) is 6.44. The van der Waals surface area contributed by atoms with Gasteiger partial charge in [-0.15, -0.1) is 0 Å². The molecule has 0 aromatic rings. The van der Waals surface area contributed by atoms with Crippen LogP contribution in [0.5, 0.6) is 0 Å². The zero-order valence-corrected chi connectivity index (χ0v) is 12.0. The van der Waals surface area contributed by atoms with E-state index in [-0.39, 0.29) is 32.3 Å². The summed E-state index contributed by atoms with van der Waals surface area (Å²) in [4.78, 5) is 22.5. The predicted molar refractivity (Wildman–Crippen MR) is 64.7 cm³/mol. The Morgan fingerprint density at radius 1 is 1.12 bits per heavy atom. The van der Waals surface area contributed by atoms with Gasteiger partial charge < -0.3 is 13.1 Å². The van der Waals surface area contributed by atoms with Crippen LogP contribution in [0.4, 0.5) is 0 Å². The minimum absolute atomic E-state index is 0. The van der Waals surface area contributed by atoms with Gasteiger partial charge in [-0.3, -0.25) is 9.59 Å². The molecule has 0 aliphatic carbocycles. The van der Waals surface area contributed by atoms with Crippen molar-refractivity contribution >= 4 is 35.0 Å². The van der Waals surface area contributed by atoms with Gasteiger partial charge in [0.25, 0.3) is 0 Å². The fourth-order valence-electron chi connectivity index (χ4n) is 1.76. The maximum atomic E-state index is 11.2. The fourth-order valence-corrected chi connectivity index (χ4v) is 1.76. The number of aliphatic carboxylic acids is 2. The molecule has 0 heterocycles. The minimum atomic E-state index is -1.68. The monoisotopic (exact) mass is 242 g/mol. The third kappa shape index (κ3) is 3.35. The van der Waals surface area contributed by atoms with Crippen LogP contribution in [-0.2, 0) is 9.59 Å². The molecular weight excluding hydrogens is 220 g/mol. The van der Waals surface area contributed by atoms with Crippen molar-refractivity contribution in [1.82, 2.24) is 0 Å². The summed E-state index contributed by atoms with van der Waals surface area (Å²) in [7, 11) is 0. The van der Waals surface area contributed by atoms with E-state index in [4.69, 9.17) is 0 Å². The van der Waals surface area contributed by atoms with E-state index in [1.54, 1.807) is 20.8 Å². The molecule has 0 atom stereocenters. The van der Waals surface area contributed by atoms with Gasteiger partial charge >= 0.3 is 35.0 Å². The summed E-state index contributed by atoms with van der Waals surface area (Å²) in [5, 5.41) is 18.4. The molecule has 0 aromatic carbocycles. The summed E-state index contributed by atoms with van der Waals surface area (Å²) in [6.07, 6.45) is 1.58. The molecule has 0 bridgehead atoms. The van der Waals surface area contributed by atoms with E-state index < -0.39 is 22.8 Å². The van der Waals surface area contributed by atoms with Gasteiger partial charge in [-0.1, -0.05) is 40.5 Å². The van der Waals surface area contributed by atoms with Crippen LogP contribution in [0.15, 0.2) is 0 Å². The maximum Gasteiger partial charge on any atom is 2.00 e. The summed E-state index contributed by atoms with van der Waals surface area (Å²) in [6.45, 7) is 6.89. The van der Waals surface area contributed by atoms with Crippen LogP contribution < -0.4 is 0 Å². The van der Waals surface area contributed by atoms with Crippen molar-refractivity contribution in [3.8, 4) is 0 Å². The molecule has 0 unspecified atom stereocenters. The van der Waals surface area contributed by atoms with Gasteiger partial charge in [0, 0.05) is 0 Å². The Hall–Kier alpha value is -0.294. The number of hydrogen-bond acceptors (Lipinski definition) is 2. The van der Waals surface area contributed by atoms with Crippen molar-refractivity contribution in [2.45, 2.75) is 47.0 Å². The molecule has 0 aliphatic rings. The summed E-state index contributed by atoms with van der Waals surface area (Å²) in [5.41, 5.74) is -2.47. The normalized spacial score (nSPS) is 11.8.